The molecule has 0 spiro atoms. The van der Waals surface area contributed by atoms with E-state index in [2.05, 4.69) is 10.2 Å². The van der Waals surface area contributed by atoms with Gasteiger partial charge in [0.25, 0.3) is 0 Å². The lowest BCUT2D eigenvalue weighted by atomic mass is 10.5. The first-order chi connectivity index (χ1) is 2.50. The highest BCUT2D eigenvalue weighted by Gasteiger charge is 1.75. The Balaban J connectivity index is -0.0000000833. The Labute approximate surface area is 53.3 Å². The van der Waals surface area contributed by atoms with Crippen molar-refractivity contribution in [3.8, 4) is 0 Å². The summed E-state index contributed by atoms with van der Waals surface area (Å²) in [5, 5.41) is 7.06. The Bertz CT molecular complexity index is 68.5. The van der Waals surface area contributed by atoms with Gasteiger partial charge in [-0.05, 0) is 0 Å². The summed E-state index contributed by atoms with van der Waals surface area (Å²) in [5.41, 5.74) is 0. The Hall–Kier alpha value is -0.595. The third-order valence-corrected chi connectivity index (χ3v) is 0.441. The van der Waals surface area contributed by atoms with Crippen LogP contribution in [0.25, 0.3) is 0 Å². The van der Waals surface area contributed by atoms with Crippen LogP contribution in [0.4, 0.5) is 0 Å². The van der Waals surface area contributed by atoms with Crippen molar-refractivity contribution >= 4 is 20.8 Å². The summed E-state index contributed by atoms with van der Waals surface area (Å²) in [7, 11) is 0. The predicted octanol–water partition coefficient (Wildman–Crippen LogP) is 1.34. The van der Waals surface area contributed by atoms with Crippen molar-refractivity contribution in [2.75, 3.05) is 0 Å². The summed E-state index contributed by atoms with van der Waals surface area (Å²) in [5.74, 6) is 0. The minimum atomic E-state index is 0. The van der Waals surface area contributed by atoms with Crippen molar-refractivity contribution in [1.82, 2.24) is 0 Å². The highest BCUT2D eigenvalue weighted by molar-refractivity contribution is 5.82. The average Bonchev–Trinajstić information content (AvgIpc) is 1.76. The molecule has 0 aromatic rings. The van der Waals surface area contributed by atoms with E-state index in [9.17, 15) is 0 Å². The Morgan fingerprint density at radius 3 is 1.50 bits per heavy atom. The minimum absolute atomic E-state index is 0. The molecule has 1 heterocycles. The summed E-state index contributed by atoms with van der Waals surface area (Å²) >= 11 is 0. The molecule has 0 atom stereocenters. The third kappa shape index (κ3) is 5.40. The highest BCUT2D eigenvalue weighted by atomic mass is 15.2. The molecule has 0 aliphatic carbocycles. The smallest absolute Gasteiger partial charge is 0.0324 e. The molecule has 0 bridgehead atoms. The van der Waals surface area contributed by atoms with E-state index in [0.717, 1.165) is 6.42 Å². The van der Waals surface area contributed by atoms with Gasteiger partial charge in [0.1, 0.15) is 0 Å². The van der Waals surface area contributed by atoms with E-state index in [1.807, 2.05) is 0 Å². The van der Waals surface area contributed by atoms with Gasteiger partial charge >= 0.3 is 0 Å². The topological polar surface area (TPSA) is 24.7 Å². The van der Waals surface area contributed by atoms with Crippen molar-refractivity contribution in [2.24, 2.45) is 10.2 Å². The number of nitrogens with zero attached hydrogens (tertiary/aromatic N) is 2. The summed E-state index contributed by atoms with van der Waals surface area (Å²) < 4.78 is 0. The maximum atomic E-state index is 3.53. The zero-order valence-corrected chi connectivity index (χ0v) is 3.33. The molecule has 2 nitrogen and oxygen atoms in total. The lowest BCUT2D eigenvalue weighted by Gasteiger charge is -1.50. The third-order valence-electron chi connectivity index (χ3n) is 0.441. The second-order valence-corrected chi connectivity index (χ2v) is 0.832. The van der Waals surface area contributed by atoms with Gasteiger partial charge in [0, 0.05) is 27.3 Å². The first-order valence-electron chi connectivity index (χ1n) is 1.53. The van der Waals surface area contributed by atoms with Crippen LogP contribution >= 0.6 is 0 Å². The maximum absolute atomic E-state index is 3.53. The van der Waals surface area contributed by atoms with E-state index in [0.29, 0.717) is 0 Å². The lowest BCUT2D eigenvalue weighted by Crippen LogP contribution is -1.60. The van der Waals surface area contributed by atoms with Crippen LogP contribution in [0.1, 0.15) is 21.3 Å². The van der Waals surface area contributed by atoms with Gasteiger partial charge in [0.05, 0.1) is 0 Å². The van der Waals surface area contributed by atoms with Crippen LogP contribution in [-0.4, -0.2) is 20.8 Å². The van der Waals surface area contributed by atoms with Gasteiger partial charge in [-0.25, -0.2) is 0 Å². The fraction of sp³-hybridized carbons (Fsp3) is 0.600. The van der Waals surface area contributed by atoms with E-state index in [-0.39, 0.29) is 23.3 Å². The molecule has 1 aliphatic heterocycles. The minimum Gasteiger partial charge on any atom is -0.164 e. The fourth-order valence-corrected chi connectivity index (χ4v) is 0.236. The monoisotopic (exact) mass is 111 g/mol. The molecular formula is C5H12BN2. The molecule has 8 heavy (non-hydrogen) atoms. The van der Waals surface area contributed by atoms with Crippen LogP contribution in [0.2, 0.25) is 0 Å². The van der Waals surface area contributed by atoms with E-state index < -0.39 is 0 Å². The Kier molecular flexibility index (Phi) is 18.9. The Morgan fingerprint density at radius 1 is 1.00 bits per heavy atom. The van der Waals surface area contributed by atoms with E-state index in [4.69, 9.17) is 0 Å². The molecule has 0 aromatic carbocycles. The van der Waals surface area contributed by atoms with Gasteiger partial charge < -0.3 is 0 Å². The van der Waals surface area contributed by atoms with E-state index in [1.54, 1.807) is 12.4 Å². The molecule has 3 radical (unpaired) electrons. The average molecular weight is 111 g/mol. The fourth-order valence-electron chi connectivity index (χ4n) is 0.236. The van der Waals surface area contributed by atoms with Gasteiger partial charge in [-0.3, -0.25) is 0 Å². The molecular weight excluding hydrogens is 98.9 g/mol. The quantitative estimate of drug-likeness (QED) is 0.421. The molecule has 0 aromatic heterocycles. The molecule has 45 valence electrons. The lowest BCUT2D eigenvalue weighted by molar-refractivity contribution is 1.29. The zero-order valence-electron chi connectivity index (χ0n) is 3.33. The normalized spacial score (nSPS) is 11.0. The molecule has 1 aliphatic rings. The molecule has 0 saturated carbocycles. The number of rotatable bonds is 0. The van der Waals surface area contributed by atoms with Gasteiger partial charge in [-0.2, -0.15) is 10.2 Å². The molecule has 0 unspecified atom stereocenters. The van der Waals surface area contributed by atoms with Crippen LogP contribution in [0.5, 0.6) is 0 Å². The van der Waals surface area contributed by atoms with Gasteiger partial charge in [-0.15, -0.1) is 0 Å². The standard InChI is InChI=1S/C3H4N2.2CH4.B/c1-2-4-5-3-1;;;/h2-3H,1H2;2*1H4;. The molecule has 0 N–H and O–H groups in total. The zero-order chi connectivity index (χ0) is 3.54. The highest BCUT2D eigenvalue weighted by Crippen LogP contribution is 1.78. The number of hydrogen-bond acceptors (Lipinski definition) is 2. The van der Waals surface area contributed by atoms with Crippen LogP contribution in [0, 0.1) is 0 Å². The van der Waals surface area contributed by atoms with Crippen LogP contribution in [0.15, 0.2) is 10.2 Å². The van der Waals surface area contributed by atoms with E-state index >= 15 is 0 Å². The van der Waals surface area contributed by atoms with Crippen molar-refractivity contribution in [2.45, 2.75) is 21.3 Å². The molecule has 0 saturated heterocycles. The van der Waals surface area contributed by atoms with Gasteiger partial charge in [-0.1, -0.05) is 14.9 Å². The summed E-state index contributed by atoms with van der Waals surface area (Å²) in [6.45, 7) is 0. The van der Waals surface area contributed by atoms with Crippen molar-refractivity contribution in [3.05, 3.63) is 0 Å². The first-order valence-corrected chi connectivity index (χ1v) is 1.53. The van der Waals surface area contributed by atoms with Crippen molar-refractivity contribution in [1.29, 1.82) is 0 Å². The largest absolute Gasteiger partial charge is 0.164 e. The maximum Gasteiger partial charge on any atom is 0.0324 e. The number of hydrogen-bond donors (Lipinski definition) is 0. The van der Waals surface area contributed by atoms with Gasteiger partial charge in [0.15, 0.2) is 0 Å². The summed E-state index contributed by atoms with van der Waals surface area (Å²) in [6.07, 6.45) is 4.44. The molecule has 1 rings (SSSR count). The van der Waals surface area contributed by atoms with Crippen LogP contribution < -0.4 is 0 Å². The van der Waals surface area contributed by atoms with Crippen molar-refractivity contribution < 1.29 is 0 Å². The van der Waals surface area contributed by atoms with Crippen LogP contribution in [-0.2, 0) is 0 Å². The Morgan fingerprint density at radius 2 is 1.38 bits per heavy atom. The van der Waals surface area contributed by atoms with E-state index in [1.165, 1.54) is 0 Å². The first kappa shape index (κ1) is 15.7. The molecule has 3 heteroatoms. The second kappa shape index (κ2) is 9.64. The van der Waals surface area contributed by atoms with Crippen LogP contribution in [0.3, 0.4) is 0 Å². The van der Waals surface area contributed by atoms with Gasteiger partial charge in [0.2, 0.25) is 0 Å². The summed E-state index contributed by atoms with van der Waals surface area (Å²) in [4.78, 5) is 0. The second-order valence-electron chi connectivity index (χ2n) is 0.832. The van der Waals surface area contributed by atoms with Crippen molar-refractivity contribution in [3.63, 3.8) is 0 Å². The predicted molar refractivity (Wildman–Crippen MR) is 40.8 cm³/mol. The molecule has 0 amide bonds. The SMILES string of the molecule is C.C.C1=NN=CC1.[B]. The molecule has 0 fully saturated rings. The summed E-state index contributed by atoms with van der Waals surface area (Å²) in [6, 6.07) is 0.